The van der Waals surface area contributed by atoms with Crippen molar-refractivity contribution in [3.8, 4) is 106 Å². The third-order valence-corrected chi connectivity index (χ3v) is 28.7. The molecule has 29 aromatic rings. The molecule has 0 unspecified atom stereocenters. The van der Waals surface area contributed by atoms with Gasteiger partial charge in [0.1, 0.15) is 5.58 Å². The molecule has 0 N–H and O–H groups in total. The summed E-state index contributed by atoms with van der Waals surface area (Å²) in [4.78, 5) is 0. The van der Waals surface area contributed by atoms with E-state index in [1.165, 1.54) is 175 Å². The van der Waals surface area contributed by atoms with Gasteiger partial charge in [0.15, 0.2) is 5.58 Å². The van der Waals surface area contributed by atoms with Gasteiger partial charge in [-0.05, 0) is 254 Å². The molecular weight excluding hydrogens is 1610 g/mol. The van der Waals surface area contributed by atoms with Gasteiger partial charge in [-0.25, -0.2) is 0 Å². The second kappa shape index (κ2) is 28.4. The zero-order chi connectivity index (χ0) is 86.8. The molecular formula is C126H76N6O. The molecule has 8 heterocycles. The van der Waals surface area contributed by atoms with Crippen LogP contribution in [-0.4, -0.2) is 27.2 Å². The van der Waals surface area contributed by atoms with Crippen LogP contribution in [-0.2, 0) is 0 Å². The Bertz CT molecular complexity index is 9940. The van der Waals surface area contributed by atoms with Gasteiger partial charge < -0.3 is 31.7 Å². The minimum absolute atomic E-state index is 0.856. The van der Waals surface area contributed by atoms with Crippen LogP contribution in [0.2, 0.25) is 0 Å². The van der Waals surface area contributed by atoms with Crippen molar-refractivity contribution in [2.24, 2.45) is 0 Å². The molecule has 7 nitrogen and oxygen atoms in total. The monoisotopic (exact) mass is 1690 g/mol. The van der Waals surface area contributed by atoms with Crippen LogP contribution in [0.3, 0.4) is 0 Å². The standard InChI is InChI=1S/C126H76N6O/c1-2-25-77(26-3-1)80-28-21-31-89(68-80)128-113-47-16-10-39-99(113)105-72-83(57-64-119(105)128)87-74-108-100-40-11-18-49-115(100)132-120-65-58-86(73-106(120)109(75-87)125(108)132)93-34-5-4-33-92(93)85-30-22-32-90(69-85)129-114-48-17-9-38-98(114)104-71-82(56-63-118(104)129)81-55-62-117-103(70-81)97-37-8-15-46-112(97)127(117)88-59-53-78(54-60-88)79-27-20-29-84(67-79)94-42-23-51-121-124(94)102-41-12-19-50-116(102)131(121)122-52-24-43-101-107-76-91(61-66-123(107)133-126(101)122)130-110-44-13-6-35-95(110)96-36-7-14-45-111(96)130/h1-76H. The fourth-order valence-electron chi connectivity index (χ4n) is 22.9. The lowest BCUT2D eigenvalue weighted by Gasteiger charge is -2.14. The van der Waals surface area contributed by atoms with Crippen molar-refractivity contribution in [2.75, 3.05) is 0 Å². The van der Waals surface area contributed by atoms with Crippen LogP contribution in [0.1, 0.15) is 0 Å². The molecule has 0 atom stereocenters. The van der Waals surface area contributed by atoms with Gasteiger partial charge in [-0.3, -0.25) is 0 Å². The number of hydrogen-bond acceptors (Lipinski definition) is 1. The number of aromatic nitrogens is 6. The van der Waals surface area contributed by atoms with E-state index in [0.29, 0.717) is 0 Å². The molecule has 0 spiro atoms. The number of furan rings is 1. The Kier molecular flexibility index (Phi) is 15.6. The minimum atomic E-state index is 0.856. The largest absolute Gasteiger partial charge is 0.454 e. The van der Waals surface area contributed by atoms with Gasteiger partial charge in [-0.1, -0.05) is 285 Å². The number of rotatable bonds is 12. The number of para-hydroxylation sites is 8. The van der Waals surface area contributed by atoms with E-state index in [1.807, 2.05) is 0 Å². The van der Waals surface area contributed by atoms with Crippen LogP contribution in [0, 0.1) is 0 Å². The number of fused-ring (bicyclic) bond motifs is 24. The van der Waals surface area contributed by atoms with E-state index < -0.39 is 0 Å². The van der Waals surface area contributed by atoms with Gasteiger partial charge in [0.05, 0.1) is 77.4 Å². The van der Waals surface area contributed by atoms with Gasteiger partial charge in [0.2, 0.25) is 0 Å². The summed E-state index contributed by atoms with van der Waals surface area (Å²) < 4.78 is 21.6. The van der Waals surface area contributed by atoms with Gasteiger partial charge >= 0.3 is 0 Å². The molecule has 0 saturated carbocycles. The van der Waals surface area contributed by atoms with Gasteiger partial charge in [0, 0.05) is 109 Å². The van der Waals surface area contributed by atoms with Crippen molar-refractivity contribution in [3.63, 3.8) is 0 Å². The zero-order valence-electron chi connectivity index (χ0n) is 72.0. The number of hydrogen-bond donors (Lipinski definition) is 0. The van der Waals surface area contributed by atoms with Crippen LogP contribution < -0.4 is 0 Å². The molecule has 133 heavy (non-hydrogen) atoms. The summed E-state index contributed by atoms with van der Waals surface area (Å²) >= 11 is 0. The summed E-state index contributed by atoms with van der Waals surface area (Å²) in [5.41, 5.74) is 38.9. The Labute approximate surface area is 762 Å². The Balaban J connectivity index is 0.476. The third-order valence-electron chi connectivity index (χ3n) is 28.7. The molecule has 29 rings (SSSR count). The average Bonchev–Trinajstić information content (AvgIpc) is 1.54. The van der Waals surface area contributed by atoms with E-state index in [-0.39, 0.29) is 0 Å². The molecule has 616 valence electrons. The molecule has 0 fully saturated rings. The lowest BCUT2D eigenvalue weighted by Crippen LogP contribution is -1.95. The van der Waals surface area contributed by atoms with Crippen molar-refractivity contribution in [1.29, 1.82) is 0 Å². The highest BCUT2D eigenvalue weighted by molar-refractivity contribution is 6.26. The Morgan fingerprint density at radius 2 is 0.474 bits per heavy atom. The number of benzene rings is 21. The summed E-state index contributed by atoms with van der Waals surface area (Å²) in [5, 5.41) is 19.3. The average molecular weight is 1690 g/mol. The molecule has 0 radical (unpaired) electrons. The first-order valence-electron chi connectivity index (χ1n) is 45.8. The summed E-state index contributed by atoms with van der Waals surface area (Å²) in [6.07, 6.45) is 0. The van der Waals surface area contributed by atoms with E-state index in [2.05, 4.69) is 488 Å². The van der Waals surface area contributed by atoms with Crippen molar-refractivity contribution in [2.45, 2.75) is 0 Å². The highest BCUT2D eigenvalue weighted by Gasteiger charge is 2.27. The predicted molar refractivity (Wildman–Crippen MR) is 558 cm³/mol. The van der Waals surface area contributed by atoms with Crippen LogP contribution in [0.4, 0.5) is 0 Å². The maximum Gasteiger partial charge on any atom is 0.159 e. The maximum absolute atomic E-state index is 6.99. The van der Waals surface area contributed by atoms with Crippen LogP contribution in [0.15, 0.2) is 465 Å². The molecule has 0 aliphatic rings. The SMILES string of the molecule is c1ccc(-c2cccc(-n3c4ccccc4c4cc(-c5cc6c7ccccc7n7c8ccc(-c9ccccc9-c9cccc(-n%10c%11ccccc%11c%11cc(-c%12ccc%13c(c%12)c%12ccccc%12n%13-c%12ccc(-c%13cccc(-c%14cccc%15c%14c%14ccccc%14n%15-c%14cccc%15c%14oc%14ccc(-n%16c%17ccccc%17c%17ccccc%17%16)cc%14%15)c%13)cc%12)ccc%11%10)c9)cc8c(c5)c67)ccc43)c2)cc1. The smallest absolute Gasteiger partial charge is 0.159 e. The van der Waals surface area contributed by atoms with Crippen LogP contribution in [0.5, 0.6) is 0 Å². The van der Waals surface area contributed by atoms with Gasteiger partial charge in [-0.2, -0.15) is 0 Å². The molecule has 0 bridgehead atoms. The molecule has 21 aromatic carbocycles. The zero-order valence-corrected chi connectivity index (χ0v) is 72.0. The van der Waals surface area contributed by atoms with Crippen LogP contribution >= 0.6 is 0 Å². The second-order valence-electron chi connectivity index (χ2n) is 35.8. The van der Waals surface area contributed by atoms with E-state index in [0.717, 1.165) is 100 Å². The highest BCUT2D eigenvalue weighted by atomic mass is 16.3. The lowest BCUT2D eigenvalue weighted by atomic mass is 9.93. The quantitative estimate of drug-likeness (QED) is 0.120. The van der Waals surface area contributed by atoms with Crippen molar-refractivity contribution in [1.82, 2.24) is 27.2 Å². The fraction of sp³-hybridized carbons (Fsp3) is 0. The number of nitrogens with zero attached hydrogens (tertiary/aromatic N) is 6. The Morgan fingerprint density at radius 3 is 1.06 bits per heavy atom. The van der Waals surface area contributed by atoms with E-state index in [1.54, 1.807) is 0 Å². The first-order chi connectivity index (χ1) is 66.0. The van der Waals surface area contributed by atoms with Crippen molar-refractivity contribution >= 4 is 169 Å². The lowest BCUT2D eigenvalue weighted by molar-refractivity contribution is 0.666. The van der Waals surface area contributed by atoms with Crippen molar-refractivity contribution < 1.29 is 4.42 Å². The normalized spacial score (nSPS) is 12.2. The molecule has 0 aliphatic heterocycles. The molecule has 0 amide bonds. The van der Waals surface area contributed by atoms with E-state index in [9.17, 15) is 0 Å². The molecule has 0 saturated heterocycles. The third kappa shape index (κ3) is 10.9. The van der Waals surface area contributed by atoms with E-state index >= 15 is 0 Å². The first-order valence-corrected chi connectivity index (χ1v) is 45.8. The summed E-state index contributed by atoms with van der Waals surface area (Å²) in [7, 11) is 0. The predicted octanol–water partition coefficient (Wildman–Crippen LogP) is 33.9. The Morgan fingerprint density at radius 1 is 0.150 bits per heavy atom. The highest BCUT2D eigenvalue weighted by Crippen LogP contribution is 2.50. The summed E-state index contributed by atoms with van der Waals surface area (Å²) in [5.74, 6) is 0. The fourth-order valence-corrected chi connectivity index (χ4v) is 22.9. The first kappa shape index (κ1) is 73.3. The van der Waals surface area contributed by atoms with E-state index in [4.69, 9.17) is 4.42 Å². The minimum Gasteiger partial charge on any atom is -0.454 e. The van der Waals surface area contributed by atoms with Crippen LogP contribution in [0.25, 0.3) is 275 Å². The molecule has 0 aliphatic carbocycles. The van der Waals surface area contributed by atoms with Crippen molar-refractivity contribution in [3.05, 3.63) is 461 Å². The maximum atomic E-state index is 6.99. The second-order valence-corrected chi connectivity index (χ2v) is 35.8. The molecule has 7 heteroatoms. The summed E-state index contributed by atoms with van der Waals surface area (Å²) in [6, 6.07) is 171. The topological polar surface area (TPSA) is 42.2 Å². The summed E-state index contributed by atoms with van der Waals surface area (Å²) in [6.45, 7) is 0. The Hall–Kier alpha value is -17.8. The van der Waals surface area contributed by atoms with Gasteiger partial charge in [0.25, 0.3) is 0 Å². The van der Waals surface area contributed by atoms with Gasteiger partial charge in [-0.15, -0.1) is 0 Å². The molecule has 8 aromatic heterocycles.